The van der Waals surface area contributed by atoms with E-state index in [2.05, 4.69) is 25.5 Å². The number of hydrogen-bond donors (Lipinski definition) is 1. The molecule has 8 nitrogen and oxygen atoms in total. The van der Waals surface area contributed by atoms with Gasteiger partial charge in [0.2, 0.25) is 12.2 Å². The lowest BCUT2D eigenvalue weighted by Crippen LogP contribution is -2.13. The fourth-order valence-electron chi connectivity index (χ4n) is 2.37. The molecule has 8 heteroatoms. The van der Waals surface area contributed by atoms with Crippen LogP contribution in [-0.2, 0) is 0 Å². The standard InChI is InChI=1S/C16H12N6O2/c1-10-3-4-11(14-18-9-24-21-14)7-13(10)20-16(23)12-8-19-22-6-2-5-17-15(12)22/h2-9H,1H3,(H,20,23). The van der Waals surface area contributed by atoms with Gasteiger partial charge in [-0.15, -0.1) is 0 Å². The summed E-state index contributed by atoms with van der Waals surface area (Å²) in [6, 6.07) is 7.31. The molecule has 1 amide bonds. The van der Waals surface area contributed by atoms with Gasteiger partial charge in [-0.3, -0.25) is 4.79 Å². The van der Waals surface area contributed by atoms with Gasteiger partial charge in [-0.2, -0.15) is 10.1 Å². The van der Waals surface area contributed by atoms with Crippen LogP contribution >= 0.6 is 0 Å². The number of hydrogen-bond acceptors (Lipinski definition) is 6. The topological polar surface area (TPSA) is 98.2 Å². The molecule has 0 radical (unpaired) electrons. The fraction of sp³-hybridized carbons (Fsp3) is 0.0625. The molecule has 0 saturated carbocycles. The number of aromatic nitrogens is 5. The Morgan fingerprint density at radius 2 is 2.21 bits per heavy atom. The van der Waals surface area contributed by atoms with Crippen molar-refractivity contribution in [3.05, 3.63) is 60.4 Å². The lowest BCUT2D eigenvalue weighted by atomic mass is 10.1. The maximum atomic E-state index is 12.6. The van der Waals surface area contributed by atoms with E-state index in [0.717, 1.165) is 11.1 Å². The van der Waals surface area contributed by atoms with Crippen LogP contribution in [-0.4, -0.2) is 30.6 Å². The van der Waals surface area contributed by atoms with E-state index in [-0.39, 0.29) is 5.91 Å². The zero-order valence-electron chi connectivity index (χ0n) is 12.7. The predicted molar refractivity (Wildman–Crippen MR) is 85.4 cm³/mol. The molecule has 0 aliphatic rings. The highest BCUT2D eigenvalue weighted by molar-refractivity contribution is 6.08. The summed E-state index contributed by atoms with van der Waals surface area (Å²) in [4.78, 5) is 20.8. The van der Waals surface area contributed by atoms with Gasteiger partial charge < -0.3 is 9.84 Å². The summed E-state index contributed by atoms with van der Waals surface area (Å²) in [6.07, 6.45) is 6.12. The van der Waals surface area contributed by atoms with Crippen molar-refractivity contribution in [3.8, 4) is 11.4 Å². The van der Waals surface area contributed by atoms with Crippen molar-refractivity contribution in [2.24, 2.45) is 0 Å². The summed E-state index contributed by atoms with van der Waals surface area (Å²) in [5.74, 6) is 0.181. The zero-order chi connectivity index (χ0) is 16.5. The zero-order valence-corrected chi connectivity index (χ0v) is 12.7. The van der Waals surface area contributed by atoms with Crippen molar-refractivity contribution >= 4 is 17.2 Å². The minimum Gasteiger partial charge on any atom is -0.342 e. The third-order valence-corrected chi connectivity index (χ3v) is 3.63. The fourth-order valence-corrected chi connectivity index (χ4v) is 2.37. The Morgan fingerprint density at radius 1 is 1.29 bits per heavy atom. The average molecular weight is 320 g/mol. The van der Waals surface area contributed by atoms with Crippen LogP contribution in [0.3, 0.4) is 0 Å². The second kappa shape index (κ2) is 5.58. The molecule has 0 unspecified atom stereocenters. The number of aryl methyl sites for hydroxylation is 1. The molecule has 3 heterocycles. The Balaban J connectivity index is 1.67. The maximum absolute atomic E-state index is 12.6. The van der Waals surface area contributed by atoms with Gasteiger partial charge in [-0.1, -0.05) is 17.3 Å². The van der Waals surface area contributed by atoms with E-state index in [9.17, 15) is 4.79 Å². The van der Waals surface area contributed by atoms with Gasteiger partial charge in [0.25, 0.3) is 5.91 Å². The summed E-state index contributed by atoms with van der Waals surface area (Å²) in [5.41, 5.74) is 3.24. The molecule has 0 atom stereocenters. The highest BCUT2D eigenvalue weighted by atomic mass is 16.5. The van der Waals surface area contributed by atoms with Crippen molar-refractivity contribution in [2.45, 2.75) is 6.92 Å². The van der Waals surface area contributed by atoms with E-state index in [1.165, 1.54) is 12.6 Å². The van der Waals surface area contributed by atoms with Crippen LogP contribution in [0.25, 0.3) is 17.0 Å². The smallest absolute Gasteiger partial charge is 0.261 e. The van der Waals surface area contributed by atoms with Crippen LogP contribution < -0.4 is 5.32 Å². The van der Waals surface area contributed by atoms with Crippen LogP contribution in [0, 0.1) is 6.92 Å². The Bertz CT molecular complexity index is 1020. The van der Waals surface area contributed by atoms with Crippen molar-refractivity contribution in [3.63, 3.8) is 0 Å². The van der Waals surface area contributed by atoms with Crippen LogP contribution in [0.4, 0.5) is 5.69 Å². The van der Waals surface area contributed by atoms with Crippen molar-refractivity contribution in [2.75, 3.05) is 5.32 Å². The molecule has 0 bridgehead atoms. The van der Waals surface area contributed by atoms with E-state index in [0.29, 0.717) is 22.7 Å². The van der Waals surface area contributed by atoms with Gasteiger partial charge in [0.15, 0.2) is 5.65 Å². The monoisotopic (exact) mass is 320 g/mol. The molecular formula is C16H12N6O2. The molecule has 0 spiro atoms. The first kappa shape index (κ1) is 14.1. The average Bonchev–Trinajstić information content (AvgIpc) is 3.26. The first-order valence-electron chi connectivity index (χ1n) is 7.19. The Morgan fingerprint density at radius 3 is 3.04 bits per heavy atom. The Hall–Kier alpha value is -3.55. The van der Waals surface area contributed by atoms with Gasteiger partial charge in [-0.25, -0.2) is 9.50 Å². The highest BCUT2D eigenvalue weighted by Crippen LogP contribution is 2.23. The van der Waals surface area contributed by atoms with Gasteiger partial charge >= 0.3 is 0 Å². The first-order valence-corrected chi connectivity index (χ1v) is 7.19. The van der Waals surface area contributed by atoms with Crippen LogP contribution in [0.2, 0.25) is 0 Å². The lowest BCUT2D eigenvalue weighted by Gasteiger charge is -2.09. The summed E-state index contributed by atoms with van der Waals surface area (Å²) < 4.78 is 6.31. The largest absolute Gasteiger partial charge is 0.342 e. The SMILES string of the molecule is Cc1ccc(-c2ncon2)cc1NC(=O)c1cnn2cccnc12. The second-order valence-corrected chi connectivity index (χ2v) is 5.18. The number of fused-ring (bicyclic) bond motifs is 1. The quantitative estimate of drug-likeness (QED) is 0.622. The molecule has 4 aromatic rings. The number of nitrogens with zero attached hydrogens (tertiary/aromatic N) is 5. The Labute approximate surface area is 136 Å². The van der Waals surface area contributed by atoms with E-state index < -0.39 is 0 Å². The first-order chi connectivity index (χ1) is 11.7. The summed E-state index contributed by atoms with van der Waals surface area (Å²) >= 11 is 0. The number of amides is 1. The number of benzene rings is 1. The van der Waals surface area contributed by atoms with Gasteiger partial charge in [-0.05, 0) is 24.6 Å². The maximum Gasteiger partial charge on any atom is 0.261 e. The molecule has 0 fully saturated rings. The summed E-state index contributed by atoms with van der Waals surface area (Å²) in [7, 11) is 0. The van der Waals surface area contributed by atoms with Crippen LogP contribution in [0.15, 0.2) is 53.8 Å². The molecule has 3 aromatic heterocycles. The molecule has 0 aliphatic heterocycles. The molecule has 0 saturated heterocycles. The molecule has 1 aromatic carbocycles. The van der Waals surface area contributed by atoms with Gasteiger partial charge in [0.05, 0.1) is 6.20 Å². The van der Waals surface area contributed by atoms with Gasteiger partial charge in [0.1, 0.15) is 5.56 Å². The number of anilines is 1. The highest BCUT2D eigenvalue weighted by Gasteiger charge is 2.15. The third-order valence-electron chi connectivity index (χ3n) is 3.63. The molecule has 118 valence electrons. The van der Waals surface area contributed by atoms with E-state index in [4.69, 9.17) is 4.52 Å². The van der Waals surface area contributed by atoms with Gasteiger partial charge in [0, 0.05) is 23.6 Å². The second-order valence-electron chi connectivity index (χ2n) is 5.18. The molecule has 0 aliphatic carbocycles. The Kier molecular flexibility index (Phi) is 3.27. The predicted octanol–water partition coefficient (Wildman–Crippen LogP) is 2.34. The number of rotatable bonds is 3. The van der Waals surface area contributed by atoms with Crippen molar-refractivity contribution in [1.29, 1.82) is 0 Å². The van der Waals surface area contributed by atoms with Crippen LogP contribution in [0.5, 0.6) is 0 Å². The van der Waals surface area contributed by atoms with E-state index in [1.807, 2.05) is 19.1 Å². The van der Waals surface area contributed by atoms with Crippen molar-refractivity contribution in [1.82, 2.24) is 24.7 Å². The number of nitrogens with one attached hydrogen (secondary N) is 1. The minimum atomic E-state index is -0.280. The van der Waals surface area contributed by atoms with Crippen LogP contribution in [0.1, 0.15) is 15.9 Å². The minimum absolute atomic E-state index is 0.280. The number of carbonyl (C=O) groups is 1. The molecule has 4 rings (SSSR count). The number of carbonyl (C=O) groups excluding carboxylic acids is 1. The summed E-state index contributed by atoms with van der Waals surface area (Å²) in [6.45, 7) is 1.91. The lowest BCUT2D eigenvalue weighted by molar-refractivity contribution is 0.102. The van der Waals surface area contributed by atoms with E-state index >= 15 is 0 Å². The van der Waals surface area contributed by atoms with Crippen molar-refractivity contribution < 1.29 is 9.32 Å². The molecular weight excluding hydrogens is 308 g/mol. The molecule has 1 N–H and O–H groups in total. The van der Waals surface area contributed by atoms with E-state index in [1.54, 1.807) is 29.0 Å². The third kappa shape index (κ3) is 2.39. The summed E-state index contributed by atoms with van der Waals surface area (Å²) in [5, 5.41) is 10.8. The molecule has 24 heavy (non-hydrogen) atoms. The normalized spacial score (nSPS) is 10.9.